The third-order valence-corrected chi connectivity index (χ3v) is 6.53. The molecule has 1 aliphatic heterocycles. The molecule has 0 spiro atoms. The number of rotatable bonds is 6. The monoisotopic (exact) mass is 474 g/mol. The van der Waals surface area contributed by atoms with Crippen LogP contribution in [-0.4, -0.2) is 45.7 Å². The van der Waals surface area contributed by atoms with Gasteiger partial charge < -0.3 is 19.0 Å². The highest BCUT2D eigenvalue weighted by Crippen LogP contribution is 2.33. The van der Waals surface area contributed by atoms with Crippen molar-refractivity contribution < 1.29 is 13.9 Å². The molecule has 8 heteroatoms. The lowest BCUT2D eigenvalue weighted by Crippen LogP contribution is -2.49. The summed E-state index contributed by atoms with van der Waals surface area (Å²) in [4.78, 5) is 22.4. The maximum absolute atomic E-state index is 14.4. The number of pyridine rings is 2. The Bertz CT molecular complexity index is 1350. The Hall–Kier alpha value is -3.91. The molecule has 1 atom stereocenters. The molecule has 1 aromatic carbocycles. The van der Waals surface area contributed by atoms with E-state index in [0.29, 0.717) is 49.0 Å². The Morgan fingerprint density at radius 1 is 1.06 bits per heavy atom. The topological polar surface area (TPSA) is 74.7 Å². The molecule has 1 fully saturated rings. The Morgan fingerprint density at radius 3 is 2.51 bits per heavy atom. The van der Waals surface area contributed by atoms with Gasteiger partial charge >= 0.3 is 0 Å². The van der Waals surface area contributed by atoms with Crippen LogP contribution in [0.15, 0.2) is 82.3 Å². The van der Waals surface area contributed by atoms with E-state index < -0.39 is 6.04 Å². The number of anilines is 1. The van der Waals surface area contributed by atoms with Gasteiger partial charge in [-0.25, -0.2) is 4.39 Å². The number of piperazine rings is 1. The minimum Gasteiger partial charge on any atom is -0.507 e. The fourth-order valence-corrected chi connectivity index (χ4v) is 4.77. The molecule has 1 N–H and O–H groups in total. The predicted octanol–water partition coefficient (Wildman–Crippen LogP) is 3.95. The van der Waals surface area contributed by atoms with Crippen LogP contribution in [0.3, 0.4) is 0 Å². The van der Waals surface area contributed by atoms with Gasteiger partial charge in [0.1, 0.15) is 17.3 Å². The van der Waals surface area contributed by atoms with Crippen molar-refractivity contribution in [3.05, 3.63) is 112 Å². The second kappa shape index (κ2) is 9.76. The molecular weight excluding hydrogens is 447 g/mol. The molecule has 0 aliphatic carbocycles. The molecule has 0 saturated carbocycles. The number of aromatic nitrogens is 2. The standard InChI is InChI=1S/C27H27FN4O3/c1-19-17-24(33)25(27(34)32(19)18-20-7-6-16-35-20)26(22-9-4-5-11-29-22)31-14-12-30(13-15-31)23-10-3-2-8-21(23)28/h2-11,16-17,26,33H,12-15,18H2,1H3. The average Bonchev–Trinajstić information content (AvgIpc) is 3.39. The number of aromatic hydroxyl groups is 1. The summed E-state index contributed by atoms with van der Waals surface area (Å²) in [6.07, 6.45) is 3.26. The lowest BCUT2D eigenvalue weighted by atomic mass is 9.99. The molecule has 0 amide bonds. The van der Waals surface area contributed by atoms with Gasteiger partial charge in [0.25, 0.3) is 5.56 Å². The van der Waals surface area contributed by atoms with Crippen molar-refractivity contribution >= 4 is 5.69 Å². The van der Waals surface area contributed by atoms with Crippen molar-refractivity contribution in [2.75, 3.05) is 31.1 Å². The normalized spacial score (nSPS) is 15.3. The number of benzene rings is 1. The highest BCUT2D eigenvalue weighted by Gasteiger charge is 2.32. The van der Waals surface area contributed by atoms with Crippen LogP contribution in [0, 0.1) is 12.7 Å². The average molecular weight is 475 g/mol. The van der Waals surface area contributed by atoms with Crippen LogP contribution in [0.2, 0.25) is 0 Å². The van der Waals surface area contributed by atoms with Gasteiger partial charge in [-0.05, 0) is 49.4 Å². The summed E-state index contributed by atoms with van der Waals surface area (Å²) in [7, 11) is 0. The molecular formula is C27H27FN4O3. The van der Waals surface area contributed by atoms with E-state index in [2.05, 4.69) is 9.88 Å². The third-order valence-electron chi connectivity index (χ3n) is 6.53. The predicted molar refractivity (Wildman–Crippen MR) is 131 cm³/mol. The molecule has 4 aromatic rings. The number of halogens is 1. The molecule has 1 unspecified atom stereocenters. The van der Waals surface area contributed by atoms with E-state index >= 15 is 0 Å². The van der Waals surface area contributed by atoms with Crippen molar-refractivity contribution in [3.8, 4) is 5.75 Å². The molecule has 7 nitrogen and oxygen atoms in total. The summed E-state index contributed by atoms with van der Waals surface area (Å²) in [5.74, 6) is 0.342. The van der Waals surface area contributed by atoms with Crippen LogP contribution in [0.25, 0.3) is 0 Å². The fraction of sp³-hybridized carbons (Fsp3) is 0.259. The minimum atomic E-state index is -0.546. The highest BCUT2D eigenvalue weighted by atomic mass is 19.1. The molecule has 1 aliphatic rings. The molecule has 0 radical (unpaired) electrons. The third kappa shape index (κ3) is 4.57. The first-order valence-electron chi connectivity index (χ1n) is 11.6. The SMILES string of the molecule is Cc1cc(O)c(C(c2ccccn2)N2CCN(c3ccccc3F)CC2)c(=O)n1Cc1ccco1. The molecule has 4 heterocycles. The first-order chi connectivity index (χ1) is 17.0. The van der Waals surface area contributed by atoms with Crippen LogP contribution in [0.1, 0.15) is 28.8 Å². The number of aryl methyl sites for hydroxylation is 1. The van der Waals surface area contributed by atoms with Crippen molar-refractivity contribution in [2.24, 2.45) is 0 Å². The van der Waals surface area contributed by atoms with Crippen LogP contribution in [0.4, 0.5) is 10.1 Å². The van der Waals surface area contributed by atoms with E-state index in [0.717, 1.165) is 0 Å². The zero-order chi connectivity index (χ0) is 24.4. The number of hydrogen-bond acceptors (Lipinski definition) is 6. The summed E-state index contributed by atoms with van der Waals surface area (Å²) < 4.78 is 21.4. The summed E-state index contributed by atoms with van der Waals surface area (Å²) in [5, 5.41) is 11.0. The number of furan rings is 1. The van der Waals surface area contributed by atoms with E-state index in [1.165, 1.54) is 6.07 Å². The van der Waals surface area contributed by atoms with Crippen molar-refractivity contribution in [3.63, 3.8) is 0 Å². The van der Waals surface area contributed by atoms with E-state index in [9.17, 15) is 14.3 Å². The molecule has 0 bridgehead atoms. The van der Waals surface area contributed by atoms with E-state index in [1.54, 1.807) is 48.2 Å². The van der Waals surface area contributed by atoms with Crippen LogP contribution >= 0.6 is 0 Å². The van der Waals surface area contributed by atoms with Crippen molar-refractivity contribution in [2.45, 2.75) is 19.5 Å². The largest absolute Gasteiger partial charge is 0.507 e. The Balaban J connectivity index is 1.52. The molecule has 3 aromatic heterocycles. The Morgan fingerprint density at radius 2 is 1.83 bits per heavy atom. The van der Waals surface area contributed by atoms with Crippen molar-refractivity contribution in [1.29, 1.82) is 0 Å². The summed E-state index contributed by atoms with van der Waals surface area (Å²) in [6.45, 7) is 4.35. The zero-order valence-electron chi connectivity index (χ0n) is 19.5. The van der Waals surface area contributed by atoms with Gasteiger partial charge in [-0.3, -0.25) is 14.7 Å². The van der Waals surface area contributed by atoms with Crippen LogP contribution in [0.5, 0.6) is 5.75 Å². The van der Waals surface area contributed by atoms with E-state index in [4.69, 9.17) is 4.42 Å². The molecule has 1 saturated heterocycles. The van der Waals surface area contributed by atoms with Crippen LogP contribution < -0.4 is 10.5 Å². The van der Waals surface area contributed by atoms with Crippen molar-refractivity contribution in [1.82, 2.24) is 14.5 Å². The quantitative estimate of drug-likeness (QED) is 0.456. The summed E-state index contributed by atoms with van der Waals surface area (Å²) in [5.41, 5.74) is 1.87. The molecule has 35 heavy (non-hydrogen) atoms. The van der Waals surface area contributed by atoms with E-state index in [-0.39, 0.29) is 29.2 Å². The maximum Gasteiger partial charge on any atom is 0.260 e. The first-order valence-corrected chi connectivity index (χ1v) is 11.6. The van der Waals surface area contributed by atoms with Gasteiger partial charge in [0.05, 0.1) is 35.8 Å². The second-order valence-corrected chi connectivity index (χ2v) is 8.69. The van der Waals surface area contributed by atoms with Gasteiger partial charge in [0.2, 0.25) is 0 Å². The first kappa shape index (κ1) is 22.9. The Labute approximate surface area is 202 Å². The molecule has 180 valence electrons. The van der Waals surface area contributed by atoms with Crippen LogP contribution in [-0.2, 0) is 6.54 Å². The minimum absolute atomic E-state index is 0.0598. The van der Waals surface area contributed by atoms with Gasteiger partial charge in [-0.2, -0.15) is 0 Å². The Kier molecular flexibility index (Phi) is 6.37. The second-order valence-electron chi connectivity index (χ2n) is 8.69. The van der Waals surface area contributed by atoms with Gasteiger partial charge in [0, 0.05) is 38.1 Å². The number of hydrogen-bond donors (Lipinski definition) is 1. The number of para-hydroxylation sites is 1. The van der Waals surface area contributed by atoms with Gasteiger partial charge in [-0.1, -0.05) is 18.2 Å². The number of nitrogens with zero attached hydrogens (tertiary/aromatic N) is 4. The highest BCUT2D eigenvalue weighted by molar-refractivity contribution is 5.48. The lowest BCUT2D eigenvalue weighted by molar-refractivity contribution is 0.204. The summed E-state index contributed by atoms with van der Waals surface area (Å²) in [6, 6.07) is 17.0. The van der Waals surface area contributed by atoms with E-state index in [1.807, 2.05) is 35.2 Å². The smallest absolute Gasteiger partial charge is 0.260 e. The maximum atomic E-state index is 14.4. The molecule has 5 rings (SSSR count). The lowest BCUT2D eigenvalue weighted by Gasteiger charge is -2.40. The fourth-order valence-electron chi connectivity index (χ4n) is 4.77. The zero-order valence-corrected chi connectivity index (χ0v) is 19.5. The van der Waals surface area contributed by atoms with Gasteiger partial charge in [0.15, 0.2) is 0 Å². The summed E-state index contributed by atoms with van der Waals surface area (Å²) >= 11 is 0. The van der Waals surface area contributed by atoms with Gasteiger partial charge in [-0.15, -0.1) is 0 Å².